The maximum Gasteiger partial charge on any atom is 0.343 e. The second-order valence-corrected chi connectivity index (χ2v) is 7.40. The molecule has 0 unspecified atom stereocenters. The highest BCUT2D eigenvalue weighted by Crippen LogP contribution is 2.28. The number of methoxy groups -OCH3 is 1. The van der Waals surface area contributed by atoms with Crippen molar-refractivity contribution in [3.63, 3.8) is 0 Å². The van der Waals surface area contributed by atoms with Crippen LogP contribution in [-0.2, 0) is 0 Å². The third-order valence-corrected chi connectivity index (χ3v) is 5.09. The van der Waals surface area contributed by atoms with E-state index in [0.717, 1.165) is 0 Å². The summed E-state index contributed by atoms with van der Waals surface area (Å²) in [4.78, 5) is 24.6. The summed E-state index contributed by atoms with van der Waals surface area (Å²) in [5, 5.41) is 4.56. The molecule has 3 aromatic carbocycles. The Labute approximate surface area is 200 Å². The van der Waals surface area contributed by atoms with Crippen molar-refractivity contribution in [3.8, 4) is 17.2 Å². The summed E-state index contributed by atoms with van der Waals surface area (Å²) in [5.41, 5.74) is 3.71. The molecule has 0 aliphatic carbocycles. The lowest BCUT2D eigenvalue weighted by atomic mass is 10.2. The van der Waals surface area contributed by atoms with Gasteiger partial charge in [-0.15, -0.1) is 0 Å². The zero-order chi connectivity index (χ0) is 23.8. The minimum Gasteiger partial charge on any atom is -0.494 e. The maximum absolute atomic E-state index is 12.5. The van der Waals surface area contributed by atoms with Crippen LogP contribution in [0.15, 0.2) is 65.8 Å². The number of nitrogens with zero attached hydrogens (tertiary/aromatic N) is 1. The van der Waals surface area contributed by atoms with E-state index in [1.54, 1.807) is 42.5 Å². The molecule has 0 fully saturated rings. The van der Waals surface area contributed by atoms with Gasteiger partial charge in [-0.2, -0.15) is 5.10 Å². The Morgan fingerprint density at radius 1 is 0.939 bits per heavy atom. The Morgan fingerprint density at radius 3 is 2.33 bits per heavy atom. The number of hydrazone groups is 1. The Balaban J connectivity index is 1.65. The van der Waals surface area contributed by atoms with Crippen molar-refractivity contribution in [3.05, 3.63) is 87.4 Å². The molecule has 0 saturated carbocycles. The molecule has 9 heteroatoms. The molecule has 3 aromatic rings. The first-order valence-electron chi connectivity index (χ1n) is 9.82. The van der Waals surface area contributed by atoms with Gasteiger partial charge >= 0.3 is 5.97 Å². The fraction of sp³-hybridized carbons (Fsp3) is 0.125. The van der Waals surface area contributed by atoms with Crippen LogP contribution in [0.5, 0.6) is 17.2 Å². The Hall–Kier alpha value is -3.55. The quantitative estimate of drug-likeness (QED) is 0.200. The summed E-state index contributed by atoms with van der Waals surface area (Å²) in [6.45, 7) is 2.42. The number of amides is 1. The van der Waals surface area contributed by atoms with E-state index in [4.69, 9.17) is 37.4 Å². The number of benzene rings is 3. The number of ether oxygens (including phenoxy) is 3. The first-order chi connectivity index (χ1) is 15.9. The van der Waals surface area contributed by atoms with E-state index in [1.165, 1.54) is 31.5 Å². The minimum atomic E-state index is -0.536. The molecule has 0 radical (unpaired) electrons. The third kappa shape index (κ3) is 6.47. The summed E-state index contributed by atoms with van der Waals surface area (Å²) >= 11 is 11.8. The standard InChI is InChI=1S/C24H20Cl2N2O5/c1-3-32-18-8-5-16(6-9-18)24(30)33-21-11-4-15(12-22(21)31-2)14-27-28-23(29)17-7-10-19(25)20(26)13-17/h4-14H,3H2,1-2H3,(H,28,29)/b27-14-. The second-order valence-electron chi connectivity index (χ2n) is 6.59. The van der Waals surface area contributed by atoms with Crippen LogP contribution < -0.4 is 19.6 Å². The largest absolute Gasteiger partial charge is 0.494 e. The summed E-state index contributed by atoms with van der Waals surface area (Å²) in [6.07, 6.45) is 1.43. The lowest BCUT2D eigenvalue weighted by Crippen LogP contribution is -2.17. The van der Waals surface area contributed by atoms with E-state index >= 15 is 0 Å². The molecule has 0 bridgehead atoms. The second kappa shape index (κ2) is 11.4. The summed E-state index contributed by atoms with van der Waals surface area (Å²) in [5.74, 6) is 0.258. The van der Waals surface area contributed by atoms with Gasteiger partial charge in [0.1, 0.15) is 5.75 Å². The highest BCUT2D eigenvalue weighted by Gasteiger charge is 2.13. The number of esters is 1. The SMILES string of the molecule is CCOc1ccc(C(=O)Oc2ccc(/C=N\NC(=O)c3ccc(Cl)c(Cl)c3)cc2OC)cc1. The normalized spacial score (nSPS) is 10.7. The fourth-order valence-corrected chi connectivity index (χ4v) is 3.03. The first-order valence-corrected chi connectivity index (χ1v) is 10.6. The molecule has 0 aliphatic heterocycles. The fourth-order valence-electron chi connectivity index (χ4n) is 2.73. The molecular weight excluding hydrogens is 467 g/mol. The molecular formula is C24H20Cl2N2O5. The van der Waals surface area contributed by atoms with Gasteiger partial charge in [0.25, 0.3) is 5.91 Å². The minimum absolute atomic E-state index is 0.244. The molecule has 1 amide bonds. The van der Waals surface area contributed by atoms with E-state index in [2.05, 4.69) is 10.5 Å². The number of hydrogen-bond donors (Lipinski definition) is 1. The van der Waals surface area contributed by atoms with Crippen LogP contribution in [0.2, 0.25) is 10.0 Å². The molecule has 3 rings (SSSR count). The molecule has 170 valence electrons. The highest BCUT2D eigenvalue weighted by atomic mass is 35.5. The number of hydrogen-bond acceptors (Lipinski definition) is 6. The van der Waals surface area contributed by atoms with Crippen molar-refractivity contribution < 1.29 is 23.8 Å². The van der Waals surface area contributed by atoms with Crippen LogP contribution in [0.1, 0.15) is 33.2 Å². The molecule has 0 saturated heterocycles. The average Bonchev–Trinajstić information content (AvgIpc) is 2.82. The summed E-state index contributed by atoms with van der Waals surface area (Å²) in [6, 6.07) is 16.0. The van der Waals surface area contributed by atoms with Crippen LogP contribution in [0.3, 0.4) is 0 Å². The number of nitrogens with one attached hydrogen (secondary N) is 1. The Morgan fingerprint density at radius 2 is 1.67 bits per heavy atom. The van der Waals surface area contributed by atoms with E-state index in [9.17, 15) is 9.59 Å². The van der Waals surface area contributed by atoms with Crippen molar-refractivity contribution in [2.24, 2.45) is 5.10 Å². The first kappa shape index (κ1) is 24.1. The van der Waals surface area contributed by atoms with Crippen LogP contribution in [0.4, 0.5) is 0 Å². The third-order valence-electron chi connectivity index (χ3n) is 4.35. The van der Waals surface area contributed by atoms with E-state index in [0.29, 0.717) is 39.8 Å². The Bertz CT molecular complexity index is 1180. The molecule has 33 heavy (non-hydrogen) atoms. The van der Waals surface area contributed by atoms with Crippen molar-refractivity contribution in [2.45, 2.75) is 6.92 Å². The predicted octanol–water partition coefficient (Wildman–Crippen LogP) is 5.38. The summed E-state index contributed by atoms with van der Waals surface area (Å²) < 4.78 is 16.1. The number of carbonyl (C=O) groups excluding carboxylic acids is 2. The van der Waals surface area contributed by atoms with Gasteiger partial charge < -0.3 is 14.2 Å². The van der Waals surface area contributed by atoms with Gasteiger partial charge in [0.15, 0.2) is 11.5 Å². The van der Waals surface area contributed by atoms with Crippen molar-refractivity contribution >= 4 is 41.3 Å². The van der Waals surface area contributed by atoms with E-state index in [1.807, 2.05) is 6.92 Å². The Kier molecular flexibility index (Phi) is 8.29. The van der Waals surface area contributed by atoms with E-state index < -0.39 is 11.9 Å². The van der Waals surface area contributed by atoms with Gasteiger partial charge in [0.2, 0.25) is 0 Å². The molecule has 1 N–H and O–H groups in total. The van der Waals surface area contributed by atoms with Gasteiger partial charge in [-0.1, -0.05) is 23.2 Å². The molecule has 0 heterocycles. The molecule has 7 nitrogen and oxygen atoms in total. The maximum atomic E-state index is 12.5. The summed E-state index contributed by atoms with van der Waals surface area (Å²) in [7, 11) is 1.45. The van der Waals surface area contributed by atoms with Gasteiger partial charge in [-0.05, 0) is 73.2 Å². The number of carbonyl (C=O) groups is 2. The van der Waals surface area contributed by atoms with Crippen molar-refractivity contribution in [2.75, 3.05) is 13.7 Å². The topological polar surface area (TPSA) is 86.2 Å². The van der Waals surface area contributed by atoms with Crippen LogP contribution in [0.25, 0.3) is 0 Å². The van der Waals surface area contributed by atoms with Crippen LogP contribution in [-0.4, -0.2) is 31.8 Å². The van der Waals surface area contributed by atoms with Crippen molar-refractivity contribution in [1.29, 1.82) is 0 Å². The van der Waals surface area contributed by atoms with Gasteiger partial charge in [0.05, 0.1) is 35.5 Å². The number of halogens is 2. The van der Waals surface area contributed by atoms with Gasteiger partial charge in [-0.25, -0.2) is 10.2 Å². The molecule has 0 spiro atoms. The van der Waals surface area contributed by atoms with Gasteiger partial charge in [-0.3, -0.25) is 4.79 Å². The molecule has 0 atom stereocenters. The predicted molar refractivity (Wildman–Crippen MR) is 127 cm³/mol. The molecule has 0 aliphatic rings. The number of rotatable bonds is 8. The zero-order valence-electron chi connectivity index (χ0n) is 17.8. The smallest absolute Gasteiger partial charge is 0.343 e. The lowest BCUT2D eigenvalue weighted by Gasteiger charge is -2.10. The zero-order valence-corrected chi connectivity index (χ0v) is 19.3. The van der Waals surface area contributed by atoms with Crippen molar-refractivity contribution in [1.82, 2.24) is 5.43 Å². The van der Waals surface area contributed by atoms with E-state index in [-0.39, 0.29) is 10.8 Å². The van der Waals surface area contributed by atoms with Crippen LogP contribution in [0, 0.1) is 0 Å². The molecule has 0 aromatic heterocycles. The monoisotopic (exact) mass is 486 g/mol. The lowest BCUT2D eigenvalue weighted by molar-refractivity contribution is 0.0729. The highest BCUT2D eigenvalue weighted by molar-refractivity contribution is 6.42. The van der Waals surface area contributed by atoms with Crippen LogP contribution >= 0.6 is 23.2 Å². The average molecular weight is 487 g/mol. The van der Waals surface area contributed by atoms with Gasteiger partial charge in [0, 0.05) is 5.56 Å².